The highest BCUT2D eigenvalue weighted by Gasteiger charge is 2.34. The minimum absolute atomic E-state index is 0.0926. The maximum atomic E-state index is 12.5. The molecule has 1 unspecified atom stereocenters. The van der Waals surface area contributed by atoms with Crippen LogP contribution in [0.15, 0.2) is 24.3 Å². The summed E-state index contributed by atoms with van der Waals surface area (Å²) >= 11 is 5.34. The van der Waals surface area contributed by atoms with Crippen molar-refractivity contribution in [2.45, 2.75) is 32.7 Å². The van der Waals surface area contributed by atoms with E-state index in [1.165, 1.54) is 0 Å². The van der Waals surface area contributed by atoms with Crippen molar-refractivity contribution in [3.8, 4) is 5.75 Å². The van der Waals surface area contributed by atoms with Gasteiger partial charge in [-0.05, 0) is 43.8 Å². The molecule has 0 aliphatic carbocycles. The first kappa shape index (κ1) is 21.6. The summed E-state index contributed by atoms with van der Waals surface area (Å²) in [4.78, 5) is 38.3. The van der Waals surface area contributed by atoms with E-state index < -0.39 is 17.9 Å². The number of piperazine rings is 1. The molecule has 8 nitrogen and oxygen atoms in total. The molecule has 1 heterocycles. The number of carbonyl (C=O) groups excluding carboxylic acids is 3. The molecule has 1 atom stereocenters. The fraction of sp³-hybridized carbons (Fsp3) is 0.474. The number of ether oxygens (including phenoxy) is 2. The Labute approximate surface area is 169 Å². The van der Waals surface area contributed by atoms with Crippen LogP contribution in [0, 0.1) is 0 Å². The van der Waals surface area contributed by atoms with Crippen LogP contribution in [0.4, 0.5) is 0 Å². The van der Waals surface area contributed by atoms with Gasteiger partial charge in [0.05, 0.1) is 19.6 Å². The third-order valence-corrected chi connectivity index (χ3v) is 4.38. The second-order valence-electron chi connectivity index (χ2n) is 6.14. The summed E-state index contributed by atoms with van der Waals surface area (Å²) in [6.45, 7) is 5.28. The van der Waals surface area contributed by atoms with Crippen molar-refractivity contribution in [3.05, 3.63) is 29.8 Å². The maximum Gasteiger partial charge on any atom is 0.308 e. The predicted molar refractivity (Wildman–Crippen MR) is 107 cm³/mol. The van der Waals surface area contributed by atoms with Crippen molar-refractivity contribution in [2.24, 2.45) is 0 Å². The van der Waals surface area contributed by atoms with E-state index in [9.17, 15) is 14.4 Å². The van der Waals surface area contributed by atoms with E-state index >= 15 is 0 Å². The standard InChI is InChI=1S/C19H25N3O5S/c1-3-10-27-16(23)12-15-18(25)20-8-9-22(15)19(28)21-17(24)13-6-5-7-14(11-13)26-4-2/h5-7,11,15H,3-4,8-10,12H2,1-2H3,(H,20,25)(H,21,24,28). The molecule has 152 valence electrons. The molecule has 0 aromatic heterocycles. The largest absolute Gasteiger partial charge is 0.494 e. The van der Waals surface area contributed by atoms with Crippen LogP contribution in [0.25, 0.3) is 0 Å². The Balaban J connectivity index is 2.05. The summed E-state index contributed by atoms with van der Waals surface area (Å²) in [5.41, 5.74) is 0.383. The molecule has 2 amide bonds. The molecule has 0 spiro atoms. The average Bonchev–Trinajstić information content (AvgIpc) is 2.68. The molecule has 2 N–H and O–H groups in total. The van der Waals surface area contributed by atoms with Gasteiger partial charge < -0.3 is 19.7 Å². The highest BCUT2D eigenvalue weighted by Crippen LogP contribution is 2.14. The number of nitrogens with one attached hydrogen (secondary N) is 2. The Bertz CT molecular complexity index is 740. The first-order valence-corrected chi connectivity index (χ1v) is 9.65. The maximum absolute atomic E-state index is 12.5. The molecule has 0 radical (unpaired) electrons. The van der Waals surface area contributed by atoms with Crippen molar-refractivity contribution in [2.75, 3.05) is 26.3 Å². The van der Waals surface area contributed by atoms with Crippen LogP contribution in [0.5, 0.6) is 5.75 Å². The smallest absolute Gasteiger partial charge is 0.308 e. The van der Waals surface area contributed by atoms with Gasteiger partial charge in [0, 0.05) is 18.7 Å². The van der Waals surface area contributed by atoms with Gasteiger partial charge in [-0.2, -0.15) is 0 Å². The van der Waals surface area contributed by atoms with E-state index in [2.05, 4.69) is 10.6 Å². The van der Waals surface area contributed by atoms with Crippen LogP contribution in [0.2, 0.25) is 0 Å². The van der Waals surface area contributed by atoms with Gasteiger partial charge in [-0.3, -0.25) is 19.7 Å². The monoisotopic (exact) mass is 407 g/mol. The van der Waals surface area contributed by atoms with Crippen LogP contribution in [0.3, 0.4) is 0 Å². The van der Waals surface area contributed by atoms with Gasteiger partial charge >= 0.3 is 5.97 Å². The Morgan fingerprint density at radius 2 is 2.14 bits per heavy atom. The molecule has 0 saturated carbocycles. The van der Waals surface area contributed by atoms with Gasteiger partial charge in [-0.25, -0.2) is 0 Å². The van der Waals surface area contributed by atoms with Crippen LogP contribution < -0.4 is 15.4 Å². The number of carbonyl (C=O) groups is 3. The zero-order valence-electron chi connectivity index (χ0n) is 16.0. The van der Waals surface area contributed by atoms with Gasteiger partial charge in [0.25, 0.3) is 5.91 Å². The van der Waals surface area contributed by atoms with Crippen LogP contribution in [-0.4, -0.2) is 60.1 Å². The van der Waals surface area contributed by atoms with Crippen molar-refractivity contribution in [1.29, 1.82) is 0 Å². The fourth-order valence-electron chi connectivity index (χ4n) is 2.73. The van der Waals surface area contributed by atoms with Crippen LogP contribution >= 0.6 is 12.2 Å². The summed E-state index contributed by atoms with van der Waals surface area (Å²) < 4.78 is 10.5. The normalized spacial score (nSPS) is 16.1. The second kappa shape index (κ2) is 10.6. The highest BCUT2D eigenvalue weighted by molar-refractivity contribution is 7.80. The number of rotatable bonds is 7. The molecular weight excluding hydrogens is 382 g/mol. The van der Waals surface area contributed by atoms with E-state index in [1.807, 2.05) is 13.8 Å². The van der Waals surface area contributed by atoms with E-state index in [0.717, 1.165) is 0 Å². The summed E-state index contributed by atoms with van der Waals surface area (Å²) in [7, 11) is 0. The SMILES string of the molecule is CCCOC(=O)CC1C(=O)NCCN1C(=S)NC(=O)c1cccc(OCC)c1. The van der Waals surface area contributed by atoms with E-state index in [-0.39, 0.29) is 17.4 Å². The molecular formula is C19H25N3O5S. The van der Waals surface area contributed by atoms with Crippen LogP contribution in [0.1, 0.15) is 37.0 Å². The zero-order chi connectivity index (χ0) is 20.5. The summed E-state index contributed by atoms with van der Waals surface area (Å²) in [6, 6.07) is 5.91. The first-order valence-electron chi connectivity index (χ1n) is 9.24. The number of hydrogen-bond acceptors (Lipinski definition) is 6. The van der Waals surface area contributed by atoms with E-state index in [4.69, 9.17) is 21.7 Å². The minimum Gasteiger partial charge on any atom is -0.494 e. The average molecular weight is 407 g/mol. The molecule has 2 rings (SSSR count). The van der Waals surface area contributed by atoms with Crippen molar-refractivity contribution in [3.63, 3.8) is 0 Å². The zero-order valence-corrected chi connectivity index (χ0v) is 16.8. The van der Waals surface area contributed by atoms with E-state index in [0.29, 0.717) is 44.0 Å². The molecule has 1 aliphatic heterocycles. The highest BCUT2D eigenvalue weighted by atomic mass is 32.1. The summed E-state index contributed by atoms with van der Waals surface area (Å²) in [5.74, 6) is -0.637. The molecule has 28 heavy (non-hydrogen) atoms. The topological polar surface area (TPSA) is 97.0 Å². The lowest BCUT2D eigenvalue weighted by atomic mass is 10.1. The van der Waals surface area contributed by atoms with Gasteiger partial charge in [0.2, 0.25) is 5.91 Å². The van der Waals surface area contributed by atoms with Gasteiger partial charge in [0.15, 0.2) is 5.11 Å². The Morgan fingerprint density at radius 1 is 1.36 bits per heavy atom. The van der Waals surface area contributed by atoms with Crippen molar-refractivity contribution in [1.82, 2.24) is 15.5 Å². The Hall–Kier alpha value is -2.68. The lowest BCUT2D eigenvalue weighted by Gasteiger charge is -2.36. The number of nitrogens with zero attached hydrogens (tertiary/aromatic N) is 1. The second-order valence-corrected chi connectivity index (χ2v) is 6.53. The van der Waals surface area contributed by atoms with Gasteiger partial charge in [0.1, 0.15) is 11.8 Å². The molecule has 0 bridgehead atoms. The molecule has 1 aromatic rings. The summed E-state index contributed by atoms with van der Waals surface area (Å²) in [6.07, 6.45) is 0.559. The summed E-state index contributed by atoms with van der Waals surface area (Å²) in [5, 5.41) is 5.43. The number of thiocarbonyl (C=S) groups is 1. The quantitative estimate of drug-likeness (QED) is 0.519. The van der Waals surface area contributed by atoms with Crippen molar-refractivity contribution >= 4 is 35.1 Å². The number of amides is 2. The Morgan fingerprint density at radius 3 is 2.86 bits per heavy atom. The number of benzene rings is 1. The number of hydrogen-bond donors (Lipinski definition) is 2. The predicted octanol–water partition coefficient (Wildman–Crippen LogP) is 1.24. The fourth-order valence-corrected chi connectivity index (χ4v) is 3.04. The third-order valence-electron chi connectivity index (χ3n) is 4.05. The molecule has 1 aliphatic rings. The third kappa shape index (κ3) is 5.91. The van der Waals surface area contributed by atoms with Gasteiger partial charge in [-0.15, -0.1) is 0 Å². The minimum atomic E-state index is -0.819. The van der Waals surface area contributed by atoms with Crippen LogP contribution in [-0.2, 0) is 14.3 Å². The molecule has 9 heteroatoms. The molecule has 1 saturated heterocycles. The Kier molecular flexibility index (Phi) is 8.19. The lowest BCUT2D eigenvalue weighted by molar-refractivity contribution is -0.147. The molecule has 1 aromatic carbocycles. The van der Waals surface area contributed by atoms with Crippen molar-refractivity contribution < 1.29 is 23.9 Å². The first-order chi connectivity index (χ1) is 13.5. The van der Waals surface area contributed by atoms with Gasteiger partial charge in [-0.1, -0.05) is 13.0 Å². The van der Waals surface area contributed by atoms with E-state index in [1.54, 1.807) is 29.2 Å². The molecule has 1 fully saturated rings. The number of esters is 1. The lowest BCUT2D eigenvalue weighted by Crippen LogP contribution is -2.60.